The maximum atomic E-state index is 13.6. The molecule has 1 aliphatic heterocycles. The maximum Gasteiger partial charge on any atom is 0.494 e. The number of allylic oxidation sites excluding steroid dienone is 3. The Morgan fingerprint density at radius 1 is 1.26 bits per heavy atom. The van der Waals surface area contributed by atoms with Crippen molar-refractivity contribution in [2.24, 2.45) is 0 Å². The topological polar surface area (TPSA) is 27.7 Å². The van der Waals surface area contributed by atoms with Gasteiger partial charge in [-0.05, 0) is 39.2 Å². The van der Waals surface area contributed by atoms with Crippen molar-refractivity contribution in [1.29, 1.82) is 0 Å². The molecule has 6 heteroatoms. The van der Waals surface area contributed by atoms with Crippen LogP contribution in [0.1, 0.15) is 27.7 Å². The van der Waals surface area contributed by atoms with Crippen LogP contribution in [0.5, 0.6) is 0 Å². The van der Waals surface area contributed by atoms with Crippen LogP contribution in [-0.4, -0.2) is 37.9 Å². The van der Waals surface area contributed by atoms with Crippen molar-refractivity contribution in [1.82, 2.24) is 0 Å². The van der Waals surface area contributed by atoms with Crippen molar-refractivity contribution in [3.05, 3.63) is 23.5 Å². The first-order valence-corrected chi connectivity index (χ1v) is 6.73. The van der Waals surface area contributed by atoms with Gasteiger partial charge in [0.15, 0.2) is 0 Å². The van der Waals surface area contributed by atoms with Gasteiger partial charge in [0.25, 0.3) is 0 Å². The third kappa shape index (κ3) is 4.05. The Morgan fingerprint density at radius 2 is 1.79 bits per heavy atom. The van der Waals surface area contributed by atoms with Gasteiger partial charge < -0.3 is 14.0 Å². The van der Waals surface area contributed by atoms with Crippen molar-refractivity contribution in [3.63, 3.8) is 0 Å². The number of rotatable bonds is 5. The highest BCUT2D eigenvalue weighted by Crippen LogP contribution is 2.38. The zero-order valence-electron chi connectivity index (χ0n) is 12.1. The number of methoxy groups -OCH3 is 1. The summed E-state index contributed by atoms with van der Waals surface area (Å²) in [6, 6.07) is 0. The number of hydrogen-bond donors (Lipinski definition) is 0. The summed E-state index contributed by atoms with van der Waals surface area (Å²) in [6.07, 6.45) is 3.03. The quantitative estimate of drug-likeness (QED) is 0.442. The first-order valence-electron chi connectivity index (χ1n) is 6.20. The molecule has 0 aromatic carbocycles. The van der Waals surface area contributed by atoms with E-state index in [1.54, 1.807) is 6.08 Å². The fourth-order valence-corrected chi connectivity index (χ4v) is 1.83. The van der Waals surface area contributed by atoms with Gasteiger partial charge in [0, 0.05) is 13.0 Å². The van der Waals surface area contributed by atoms with E-state index in [1.807, 2.05) is 27.7 Å². The molecule has 0 bridgehead atoms. The molecule has 0 aliphatic carbocycles. The van der Waals surface area contributed by atoms with Crippen molar-refractivity contribution >= 4 is 18.7 Å². The third-order valence-corrected chi connectivity index (χ3v) is 3.60. The standard InChI is InChI=1S/C13H21BClFO3/c1-12(2)13(3,4)19-14(18-12)10(6-7-15)8-11(16)9-17-5/h6,8H,7,9H2,1-5H3/b10-6+,11-8+. The summed E-state index contributed by atoms with van der Waals surface area (Å²) in [6.45, 7) is 7.70. The minimum atomic E-state index is -0.619. The van der Waals surface area contributed by atoms with Crippen LogP contribution in [0.4, 0.5) is 4.39 Å². The van der Waals surface area contributed by atoms with E-state index in [4.69, 9.17) is 25.6 Å². The Balaban J connectivity index is 2.92. The van der Waals surface area contributed by atoms with Gasteiger partial charge in [0.05, 0.1) is 17.8 Å². The van der Waals surface area contributed by atoms with E-state index < -0.39 is 24.1 Å². The third-order valence-electron chi connectivity index (χ3n) is 3.44. The maximum absolute atomic E-state index is 13.6. The van der Waals surface area contributed by atoms with Crippen molar-refractivity contribution < 1.29 is 18.4 Å². The Bertz CT molecular complexity index is 364. The highest BCUT2D eigenvalue weighted by atomic mass is 35.5. The van der Waals surface area contributed by atoms with Crippen LogP contribution in [-0.2, 0) is 14.0 Å². The van der Waals surface area contributed by atoms with Gasteiger partial charge in [-0.2, -0.15) is 0 Å². The van der Waals surface area contributed by atoms with E-state index in [-0.39, 0.29) is 12.5 Å². The minimum Gasteiger partial charge on any atom is -0.399 e. The zero-order valence-corrected chi connectivity index (χ0v) is 12.9. The molecule has 1 rings (SSSR count). The molecule has 0 N–H and O–H groups in total. The van der Waals surface area contributed by atoms with E-state index in [9.17, 15) is 4.39 Å². The van der Waals surface area contributed by atoms with Gasteiger partial charge >= 0.3 is 7.12 Å². The van der Waals surface area contributed by atoms with E-state index >= 15 is 0 Å². The monoisotopic (exact) mass is 290 g/mol. The molecule has 19 heavy (non-hydrogen) atoms. The summed E-state index contributed by atoms with van der Waals surface area (Å²) in [4.78, 5) is 0. The van der Waals surface area contributed by atoms with Crippen molar-refractivity contribution in [3.8, 4) is 0 Å². The highest BCUT2D eigenvalue weighted by Gasteiger charge is 2.52. The van der Waals surface area contributed by atoms with Crippen LogP contribution in [0.2, 0.25) is 0 Å². The van der Waals surface area contributed by atoms with Gasteiger partial charge in [-0.15, -0.1) is 11.6 Å². The summed E-state index contributed by atoms with van der Waals surface area (Å²) in [5, 5.41) is 0. The lowest BCUT2D eigenvalue weighted by molar-refractivity contribution is 0.00578. The predicted octanol–water partition coefficient (Wildman–Crippen LogP) is 3.28. The second-order valence-electron chi connectivity index (χ2n) is 5.47. The van der Waals surface area contributed by atoms with Crippen LogP contribution in [0.15, 0.2) is 23.5 Å². The summed E-state index contributed by atoms with van der Waals surface area (Å²) in [5.41, 5.74) is -0.355. The largest absolute Gasteiger partial charge is 0.494 e. The van der Waals surface area contributed by atoms with Gasteiger partial charge in [-0.3, -0.25) is 0 Å². The number of alkyl halides is 1. The Hall–Kier alpha value is -0.355. The molecule has 0 radical (unpaired) electrons. The van der Waals surface area contributed by atoms with Gasteiger partial charge in [0.2, 0.25) is 0 Å². The molecule has 0 saturated carbocycles. The molecule has 0 unspecified atom stereocenters. The van der Waals surface area contributed by atoms with E-state index in [2.05, 4.69) is 0 Å². The molecule has 0 spiro atoms. The number of ether oxygens (including phenoxy) is 1. The summed E-state index contributed by atoms with van der Waals surface area (Å²) in [5.74, 6) is -0.135. The highest BCUT2D eigenvalue weighted by molar-refractivity contribution is 6.55. The first-order chi connectivity index (χ1) is 8.73. The molecule has 1 heterocycles. The molecule has 0 amide bonds. The minimum absolute atomic E-state index is 0.0842. The Labute approximate surface area is 119 Å². The fourth-order valence-electron chi connectivity index (χ4n) is 1.65. The summed E-state index contributed by atoms with van der Waals surface area (Å²) < 4.78 is 30.0. The van der Waals surface area contributed by atoms with E-state index in [1.165, 1.54) is 13.2 Å². The second-order valence-corrected chi connectivity index (χ2v) is 5.78. The molecule has 3 nitrogen and oxygen atoms in total. The van der Waals surface area contributed by atoms with Crippen LogP contribution < -0.4 is 0 Å². The van der Waals surface area contributed by atoms with E-state index in [0.717, 1.165) is 0 Å². The van der Waals surface area contributed by atoms with Crippen molar-refractivity contribution in [2.75, 3.05) is 19.6 Å². The number of halogens is 2. The fraction of sp³-hybridized carbons (Fsp3) is 0.692. The molecular formula is C13H21BClFO3. The molecule has 1 aliphatic rings. The smallest absolute Gasteiger partial charge is 0.399 e. The van der Waals surface area contributed by atoms with Crippen molar-refractivity contribution in [2.45, 2.75) is 38.9 Å². The summed E-state index contributed by atoms with van der Waals surface area (Å²) in [7, 11) is 0.819. The molecular weight excluding hydrogens is 269 g/mol. The molecule has 1 fully saturated rings. The average molecular weight is 291 g/mol. The van der Waals surface area contributed by atoms with Crippen LogP contribution in [0.3, 0.4) is 0 Å². The lowest BCUT2D eigenvalue weighted by atomic mass is 9.77. The zero-order chi connectivity index (χ0) is 14.7. The number of hydrogen-bond acceptors (Lipinski definition) is 3. The lowest BCUT2D eigenvalue weighted by Crippen LogP contribution is -2.41. The van der Waals surface area contributed by atoms with Gasteiger partial charge in [0.1, 0.15) is 5.83 Å². The molecule has 108 valence electrons. The second kappa shape index (κ2) is 6.40. The first kappa shape index (κ1) is 16.7. The Morgan fingerprint density at radius 3 is 2.21 bits per heavy atom. The lowest BCUT2D eigenvalue weighted by Gasteiger charge is -2.32. The molecule has 0 aromatic rings. The molecule has 0 atom stereocenters. The van der Waals surface area contributed by atoms with Crippen LogP contribution in [0, 0.1) is 0 Å². The average Bonchev–Trinajstić information content (AvgIpc) is 2.48. The molecule has 0 aromatic heterocycles. The normalized spacial score (nSPS) is 23.0. The summed E-state index contributed by atoms with van der Waals surface area (Å²) >= 11 is 5.71. The Kier molecular flexibility index (Phi) is 5.62. The van der Waals surface area contributed by atoms with Gasteiger partial charge in [-0.25, -0.2) is 4.39 Å². The van der Waals surface area contributed by atoms with Gasteiger partial charge in [-0.1, -0.05) is 6.08 Å². The van der Waals surface area contributed by atoms with E-state index in [0.29, 0.717) is 5.47 Å². The molecule has 1 saturated heterocycles. The predicted molar refractivity (Wildman–Crippen MR) is 76.0 cm³/mol. The SMILES string of the molecule is COC/C(F)=C\C(=C/CCl)B1OC(C)(C)C(C)(C)O1. The van der Waals surface area contributed by atoms with Crippen LogP contribution >= 0.6 is 11.6 Å². The van der Waals surface area contributed by atoms with Crippen LogP contribution in [0.25, 0.3) is 0 Å².